The zero-order valence-corrected chi connectivity index (χ0v) is 26.9. The Morgan fingerprint density at radius 3 is 2.58 bits per heavy atom. The molecule has 3 atom stereocenters. The molecule has 1 aromatic carbocycles. The van der Waals surface area contributed by atoms with E-state index >= 15 is 0 Å². The first kappa shape index (κ1) is 32.2. The van der Waals surface area contributed by atoms with E-state index in [1.807, 2.05) is 12.1 Å². The number of alkyl halides is 3. The molecule has 5 heterocycles. The topological polar surface area (TPSA) is 54.1 Å². The van der Waals surface area contributed by atoms with E-state index < -0.39 is 17.4 Å². The molecule has 3 saturated heterocycles. The predicted octanol–water partition coefficient (Wildman–Crippen LogP) is 5.59. The number of methoxy groups -OCH3 is 1. The Balaban J connectivity index is 1.35. The molecule has 0 aliphatic carbocycles. The third kappa shape index (κ3) is 6.88. The molecule has 0 radical (unpaired) electrons. The molecule has 0 saturated carbocycles. The van der Waals surface area contributed by atoms with Crippen molar-refractivity contribution >= 4 is 5.52 Å². The van der Waals surface area contributed by atoms with Crippen LogP contribution in [0.1, 0.15) is 74.5 Å². The van der Waals surface area contributed by atoms with Crippen molar-refractivity contribution in [3.8, 4) is 5.69 Å². The number of nitrogens with zero attached hydrogens (tertiary/aromatic N) is 5. The molecule has 3 aliphatic rings. The van der Waals surface area contributed by atoms with E-state index in [-0.39, 0.29) is 17.6 Å². The minimum atomic E-state index is -4.59. The van der Waals surface area contributed by atoms with Gasteiger partial charge in [-0.15, -0.1) is 5.43 Å². The molecule has 2 aromatic heterocycles. The molecule has 8 nitrogen and oxygen atoms in total. The largest absolute Gasteiger partial charge is 0.418 e. The van der Waals surface area contributed by atoms with Crippen LogP contribution in [0.3, 0.4) is 0 Å². The lowest BCUT2D eigenvalue weighted by atomic mass is 9.92. The van der Waals surface area contributed by atoms with Gasteiger partial charge >= 0.3 is 11.9 Å². The second-order valence-corrected chi connectivity index (χ2v) is 13.7. The Bertz CT molecular complexity index is 1530. The molecule has 6 rings (SSSR count). The summed E-state index contributed by atoms with van der Waals surface area (Å²) in [6.45, 7) is 7.96. The number of likely N-dealkylation sites (tertiary alicyclic amines) is 1. The fourth-order valence-corrected chi connectivity index (χ4v) is 7.99. The van der Waals surface area contributed by atoms with Crippen molar-refractivity contribution in [2.24, 2.45) is 5.92 Å². The fourth-order valence-electron chi connectivity index (χ4n) is 7.99. The van der Waals surface area contributed by atoms with Crippen molar-refractivity contribution in [3.05, 3.63) is 69.9 Å². The Morgan fingerprint density at radius 1 is 1.09 bits per heavy atom. The number of imidazole rings is 1. The number of aromatic nitrogens is 2. The van der Waals surface area contributed by atoms with Crippen LogP contribution in [0, 0.1) is 5.92 Å². The SMILES string of the molecule is COCC[C@H](c1cccc(-n2cc3c(C(F)(F)F)cc(CN4CCC[C@H](C)C4)cn3c2=O)c1)C1N[N+]2(CCCCCC2)CN1C. The van der Waals surface area contributed by atoms with Crippen molar-refractivity contribution < 1.29 is 22.5 Å². The maximum absolute atomic E-state index is 14.4. The van der Waals surface area contributed by atoms with E-state index in [2.05, 4.69) is 35.3 Å². The average Bonchev–Trinajstić information content (AvgIpc) is 3.39. The maximum atomic E-state index is 14.4. The first-order valence-electron chi connectivity index (χ1n) is 16.6. The first-order chi connectivity index (χ1) is 21.6. The predicted molar refractivity (Wildman–Crippen MR) is 169 cm³/mol. The summed E-state index contributed by atoms with van der Waals surface area (Å²) in [7, 11) is 3.86. The highest BCUT2D eigenvalue weighted by atomic mass is 19.4. The summed E-state index contributed by atoms with van der Waals surface area (Å²) in [5, 5.41) is 0. The number of likely N-dealkylation sites (N-methyl/N-ethyl adjacent to an activating group) is 1. The summed E-state index contributed by atoms with van der Waals surface area (Å²) >= 11 is 0. The van der Waals surface area contributed by atoms with Crippen molar-refractivity contribution in [3.63, 3.8) is 0 Å². The molecule has 0 amide bonds. The third-order valence-corrected chi connectivity index (χ3v) is 10.2. The van der Waals surface area contributed by atoms with Crippen LogP contribution in [-0.4, -0.2) is 83.1 Å². The number of hydrogen-bond acceptors (Lipinski definition) is 5. The van der Waals surface area contributed by atoms with Gasteiger partial charge in [-0.05, 0) is 93.8 Å². The molecule has 1 unspecified atom stereocenters. The summed E-state index contributed by atoms with van der Waals surface area (Å²) in [5.41, 5.74) is 4.64. The molecule has 0 bridgehead atoms. The second-order valence-electron chi connectivity index (χ2n) is 13.7. The zero-order chi connectivity index (χ0) is 31.8. The number of halogens is 3. The number of rotatable bonds is 8. The van der Waals surface area contributed by atoms with Gasteiger partial charge in [-0.1, -0.05) is 19.1 Å². The average molecular weight is 630 g/mol. The Hall–Kier alpha value is -2.70. The molecule has 45 heavy (non-hydrogen) atoms. The van der Waals surface area contributed by atoms with Crippen LogP contribution in [0.5, 0.6) is 0 Å². The zero-order valence-electron chi connectivity index (χ0n) is 26.9. The van der Waals surface area contributed by atoms with E-state index in [9.17, 15) is 18.0 Å². The van der Waals surface area contributed by atoms with Gasteiger partial charge in [0.2, 0.25) is 0 Å². The lowest BCUT2D eigenvalue weighted by Crippen LogP contribution is -2.56. The molecular formula is C34H48F3N6O2+. The number of pyridine rings is 1. The summed E-state index contributed by atoms with van der Waals surface area (Å²) < 4.78 is 52.1. The number of quaternary nitrogens is 1. The van der Waals surface area contributed by atoms with Crippen molar-refractivity contribution in [2.75, 3.05) is 53.6 Å². The number of hydrogen-bond donors (Lipinski definition) is 1. The van der Waals surface area contributed by atoms with Crippen LogP contribution in [0.25, 0.3) is 11.2 Å². The number of nitrogens with one attached hydrogen (secondary N) is 1. The first-order valence-corrected chi connectivity index (χ1v) is 16.6. The highest BCUT2D eigenvalue weighted by molar-refractivity contribution is 5.58. The second kappa shape index (κ2) is 13.2. The molecule has 11 heteroatoms. The van der Waals surface area contributed by atoms with Crippen LogP contribution < -0.4 is 11.1 Å². The van der Waals surface area contributed by atoms with E-state index in [1.165, 1.54) is 46.9 Å². The van der Waals surface area contributed by atoms with E-state index in [4.69, 9.17) is 4.74 Å². The van der Waals surface area contributed by atoms with E-state index in [1.54, 1.807) is 19.4 Å². The smallest absolute Gasteiger partial charge is 0.385 e. The Labute approximate surface area is 263 Å². The quantitative estimate of drug-likeness (QED) is 0.330. The lowest BCUT2D eigenvalue weighted by Gasteiger charge is -2.32. The van der Waals surface area contributed by atoms with E-state index in [0.717, 1.165) is 62.3 Å². The van der Waals surface area contributed by atoms with Crippen molar-refractivity contribution in [1.82, 2.24) is 24.2 Å². The van der Waals surface area contributed by atoms with Gasteiger partial charge in [-0.2, -0.15) is 13.2 Å². The standard InChI is InChI=1S/C34H48F3N6O2/c1-25-10-9-14-40(20-25)21-26-18-30(34(35,36)37)31-23-41(33(44)42(31)22-26)28-12-8-11-27(19-28)29(13-17-45-3)32-38-43(24-39(32)2)15-6-4-5-7-16-43/h8,11-12,18-19,22-23,25,29,32,38H,4-7,9-10,13-17,20-21,24H2,1-3H3/q+1/t25-,29+,32?/m0/s1. The summed E-state index contributed by atoms with van der Waals surface area (Å²) in [6, 6.07) is 8.95. The van der Waals surface area contributed by atoms with Crippen LogP contribution in [-0.2, 0) is 17.5 Å². The van der Waals surface area contributed by atoms with Gasteiger partial charge < -0.3 is 4.74 Å². The Kier molecular flexibility index (Phi) is 9.46. The van der Waals surface area contributed by atoms with Gasteiger partial charge in [0.25, 0.3) is 0 Å². The molecule has 1 spiro atoms. The lowest BCUT2D eigenvalue weighted by molar-refractivity contribution is -0.961. The number of fused-ring (bicyclic) bond motifs is 1. The molecule has 3 aromatic rings. The monoisotopic (exact) mass is 629 g/mol. The minimum Gasteiger partial charge on any atom is -0.385 e. The molecule has 246 valence electrons. The molecule has 3 aliphatic heterocycles. The van der Waals surface area contributed by atoms with Gasteiger partial charge in [0.1, 0.15) is 6.17 Å². The normalized spacial score (nSPS) is 24.0. The highest BCUT2D eigenvalue weighted by Crippen LogP contribution is 2.35. The van der Waals surface area contributed by atoms with Crippen molar-refractivity contribution in [1.29, 1.82) is 0 Å². The third-order valence-electron chi connectivity index (χ3n) is 10.2. The molecular weight excluding hydrogens is 581 g/mol. The van der Waals surface area contributed by atoms with Gasteiger partial charge in [-0.3, -0.25) is 13.9 Å². The Morgan fingerprint density at radius 2 is 1.87 bits per heavy atom. The van der Waals surface area contributed by atoms with Gasteiger partial charge in [-0.25, -0.2) is 14.3 Å². The van der Waals surface area contributed by atoms with Gasteiger partial charge in [0.15, 0.2) is 6.67 Å². The maximum Gasteiger partial charge on any atom is 0.418 e. The van der Waals surface area contributed by atoms with Gasteiger partial charge in [0, 0.05) is 45.1 Å². The summed E-state index contributed by atoms with van der Waals surface area (Å²) in [4.78, 5) is 18.4. The minimum absolute atomic E-state index is 0.0626. The van der Waals surface area contributed by atoms with Crippen LogP contribution in [0.2, 0.25) is 0 Å². The summed E-state index contributed by atoms with van der Waals surface area (Å²) in [6.07, 6.45) is 6.28. The van der Waals surface area contributed by atoms with Crippen LogP contribution in [0.15, 0.2) is 47.5 Å². The number of piperidine rings is 1. The number of ether oxygens (including phenoxy) is 1. The summed E-state index contributed by atoms with van der Waals surface area (Å²) in [5.74, 6) is 0.567. The molecule has 1 N–H and O–H groups in total. The fraction of sp³-hybridized carbons (Fsp3) is 0.618. The molecule has 3 fully saturated rings. The van der Waals surface area contributed by atoms with Crippen LogP contribution >= 0.6 is 0 Å². The van der Waals surface area contributed by atoms with Crippen LogP contribution in [0.4, 0.5) is 13.2 Å². The highest BCUT2D eigenvalue weighted by Gasteiger charge is 2.45. The van der Waals surface area contributed by atoms with Gasteiger partial charge in [0.05, 0.1) is 29.9 Å². The number of benzene rings is 1. The van der Waals surface area contributed by atoms with E-state index in [0.29, 0.717) is 30.3 Å². The van der Waals surface area contributed by atoms with Crippen molar-refractivity contribution in [2.45, 2.75) is 76.7 Å².